The molecular weight excluding hydrogens is 240 g/mol. The first kappa shape index (κ1) is 12.1. The van der Waals surface area contributed by atoms with E-state index in [0.717, 1.165) is 5.69 Å². The van der Waals surface area contributed by atoms with Crippen LogP contribution in [0.1, 0.15) is 30.1 Å². The van der Waals surface area contributed by atoms with Gasteiger partial charge in [-0.1, -0.05) is 0 Å². The van der Waals surface area contributed by atoms with Crippen molar-refractivity contribution in [3.8, 4) is 0 Å². The van der Waals surface area contributed by atoms with Crippen LogP contribution in [0.2, 0.25) is 0 Å². The summed E-state index contributed by atoms with van der Waals surface area (Å²) < 4.78 is 1.69. The number of hydrogen-bond donors (Lipinski definition) is 2. The van der Waals surface area contributed by atoms with E-state index in [1.165, 1.54) is 12.8 Å². The van der Waals surface area contributed by atoms with Gasteiger partial charge in [0.15, 0.2) is 0 Å². The third-order valence-electron chi connectivity index (χ3n) is 3.14. The molecule has 2 heterocycles. The zero-order valence-corrected chi connectivity index (χ0v) is 10.3. The van der Waals surface area contributed by atoms with Crippen molar-refractivity contribution in [3.05, 3.63) is 33.9 Å². The molecule has 92 valence electrons. The molecule has 0 spiro atoms. The Kier molecular flexibility index (Phi) is 2.97. The van der Waals surface area contributed by atoms with E-state index in [4.69, 9.17) is 5.73 Å². The molecule has 3 N–H and O–H groups in total. The highest BCUT2D eigenvalue weighted by atomic mass is 35.5. The smallest absolute Gasteiger partial charge is 0.254 e. The molecule has 0 aromatic carbocycles. The fourth-order valence-electron chi connectivity index (χ4n) is 1.92. The standard InChI is InChI=1S/C11H14N4O.ClH/c1-6-5-15-9(13-11(6)16)4-8(14-15)10(12)7-2-3-7;/h4-5,7,10H,2-3,12H2,1H3,(H,13,16);1H/t10-;/m0./s1. The average Bonchev–Trinajstić information content (AvgIpc) is 3.01. The summed E-state index contributed by atoms with van der Waals surface area (Å²) in [4.78, 5) is 14.2. The van der Waals surface area contributed by atoms with E-state index in [-0.39, 0.29) is 24.0 Å². The molecule has 6 heteroatoms. The maximum Gasteiger partial charge on any atom is 0.254 e. The Morgan fingerprint density at radius 3 is 2.94 bits per heavy atom. The van der Waals surface area contributed by atoms with Crippen molar-refractivity contribution in [1.82, 2.24) is 14.6 Å². The van der Waals surface area contributed by atoms with Crippen molar-refractivity contribution in [3.63, 3.8) is 0 Å². The summed E-state index contributed by atoms with van der Waals surface area (Å²) in [5, 5.41) is 4.40. The van der Waals surface area contributed by atoms with Gasteiger partial charge in [0.1, 0.15) is 5.65 Å². The molecule has 5 nitrogen and oxygen atoms in total. The molecule has 3 rings (SSSR count). The van der Waals surface area contributed by atoms with E-state index in [0.29, 0.717) is 17.1 Å². The van der Waals surface area contributed by atoms with Crippen molar-refractivity contribution in [2.75, 3.05) is 0 Å². The van der Waals surface area contributed by atoms with Gasteiger partial charge in [-0.3, -0.25) is 4.79 Å². The average molecular weight is 255 g/mol. The second-order valence-electron chi connectivity index (χ2n) is 4.53. The Morgan fingerprint density at radius 2 is 2.29 bits per heavy atom. The van der Waals surface area contributed by atoms with Gasteiger partial charge in [-0.2, -0.15) is 5.10 Å². The van der Waals surface area contributed by atoms with Gasteiger partial charge in [-0.15, -0.1) is 12.4 Å². The molecule has 0 unspecified atom stereocenters. The van der Waals surface area contributed by atoms with E-state index < -0.39 is 0 Å². The number of hydrogen-bond acceptors (Lipinski definition) is 3. The Labute approximate surface area is 104 Å². The van der Waals surface area contributed by atoms with Gasteiger partial charge >= 0.3 is 0 Å². The number of nitrogens with one attached hydrogen (secondary N) is 1. The van der Waals surface area contributed by atoms with Gasteiger partial charge in [0.05, 0.1) is 11.7 Å². The van der Waals surface area contributed by atoms with Gasteiger partial charge in [0.25, 0.3) is 5.56 Å². The van der Waals surface area contributed by atoms with Crippen LogP contribution in [-0.4, -0.2) is 14.6 Å². The molecule has 1 saturated carbocycles. The van der Waals surface area contributed by atoms with E-state index in [2.05, 4.69) is 10.1 Å². The maximum absolute atomic E-state index is 11.4. The van der Waals surface area contributed by atoms with Crippen molar-refractivity contribution >= 4 is 18.1 Å². The van der Waals surface area contributed by atoms with Crippen LogP contribution < -0.4 is 11.3 Å². The summed E-state index contributed by atoms with van der Waals surface area (Å²) in [5.74, 6) is 0.567. The van der Waals surface area contributed by atoms with Gasteiger partial charge in [-0.25, -0.2) is 4.52 Å². The largest absolute Gasteiger partial charge is 0.322 e. The molecule has 1 fully saturated rings. The van der Waals surface area contributed by atoms with E-state index in [1.807, 2.05) is 6.07 Å². The number of aromatic nitrogens is 3. The molecule has 0 amide bonds. The Hall–Kier alpha value is -1.33. The number of halogens is 1. The lowest BCUT2D eigenvalue weighted by Gasteiger charge is -2.04. The fraction of sp³-hybridized carbons (Fsp3) is 0.455. The van der Waals surface area contributed by atoms with Gasteiger partial charge in [0.2, 0.25) is 0 Å². The minimum Gasteiger partial charge on any atom is -0.322 e. The Bertz CT molecular complexity index is 599. The molecule has 1 atom stereocenters. The number of aromatic amines is 1. The van der Waals surface area contributed by atoms with Crippen molar-refractivity contribution < 1.29 is 0 Å². The number of H-pyrrole nitrogens is 1. The normalized spacial score (nSPS) is 16.8. The van der Waals surface area contributed by atoms with Crippen molar-refractivity contribution in [2.24, 2.45) is 11.7 Å². The summed E-state index contributed by atoms with van der Waals surface area (Å²) in [6, 6.07) is 1.87. The first-order valence-corrected chi connectivity index (χ1v) is 5.50. The highest BCUT2D eigenvalue weighted by molar-refractivity contribution is 5.85. The molecular formula is C11H15ClN4O. The number of nitrogens with two attached hydrogens (primary N) is 1. The Balaban J connectivity index is 0.00000108. The van der Waals surface area contributed by atoms with E-state index in [1.54, 1.807) is 17.6 Å². The third-order valence-corrected chi connectivity index (χ3v) is 3.14. The molecule has 1 aliphatic carbocycles. The van der Waals surface area contributed by atoms with Crippen LogP contribution in [0.15, 0.2) is 17.1 Å². The van der Waals surface area contributed by atoms with Crippen LogP contribution in [0, 0.1) is 12.8 Å². The molecule has 2 aromatic rings. The molecule has 0 saturated heterocycles. The number of nitrogens with zero attached hydrogens (tertiary/aromatic N) is 2. The molecule has 1 aliphatic rings. The second-order valence-corrected chi connectivity index (χ2v) is 4.53. The lowest BCUT2D eigenvalue weighted by Crippen LogP contribution is -2.13. The Morgan fingerprint density at radius 1 is 1.59 bits per heavy atom. The van der Waals surface area contributed by atoms with Gasteiger partial charge in [0, 0.05) is 17.8 Å². The van der Waals surface area contributed by atoms with Crippen LogP contribution in [0.5, 0.6) is 0 Å². The zero-order chi connectivity index (χ0) is 11.3. The molecule has 0 aliphatic heterocycles. The molecule has 0 radical (unpaired) electrons. The number of fused-ring (bicyclic) bond motifs is 1. The van der Waals surface area contributed by atoms with Crippen molar-refractivity contribution in [1.29, 1.82) is 0 Å². The molecule has 2 aromatic heterocycles. The summed E-state index contributed by atoms with van der Waals surface area (Å²) in [7, 11) is 0. The lowest BCUT2D eigenvalue weighted by molar-refractivity contribution is 0.608. The molecule has 17 heavy (non-hydrogen) atoms. The molecule has 0 bridgehead atoms. The predicted molar refractivity (Wildman–Crippen MR) is 67.5 cm³/mol. The monoisotopic (exact) mass is 254 g/mol. The third kappa shape index (κ3) is 2.08. The predicted octanol–water partition coefficient (Wildman–Crippen LogP) is 1.16. The fourth-order valence-corrected chi connectivity index (χ4v) is 1.92. The highest BCUT2D eigenvalue weighted by Gasteiger charge is 2.31. The SMILES string of the molecule is Cc1cn2nc([C@@H](N)C3CC3)cc2[nH]c1=O.Cl. The first-order chi connectivity index (χ1) is 7.65. The van der Waals surface area contributed by atoms with E-state index >= 15 is 0 Å². The van der Waals surface area contributed by atoms with Crippen LogP contribution in [0.3, 0.4) is 0 Å². The highest BCUT2D eigenvalue weighted by Crippen LogP contribution is 2.38. The van der Waals surface area contributed by atoms with Crippen LogP contribution in [0.25, 0.3) is 5.65 Å². The minimum absolute atomic E-state index is 0. The summed E-state index contributed by atoms with van der Waals surface area (Å²) in [6.07, 6.45) is 4.10. The minimum atomic E-state index is -0.0704. The topological polar surface area (TPSA) is 76.2 Å². The maximum atomic E-state index is 11.4. The quantitative estimate of drug-likeness (QED) is 0.845. The van der Waals surface area contributed by atoms with Gasteiger partial charge in [-0.05, 0) is 25.7 Å². The van der Waals surface area contributed by atoms with Gasteiger partial charge < -0.3 is 10.7 Å². The lowest BCUT2D eigenvalue weighted by atomic mass is 10.1. The summed E-state index contributed by atoms with van der Waals surface area (Å²) in [6.45, 7) is 1.76. The number of rotatable bonds is 2. The van der Waals surface area contributed by atoms with Crippen LogP contribution in [0.4, 0.5) is 0 Å². The van der Waals surface area contributed by atoms with E-state index in [9.17, 15) is 4.79 Å². The van der Waals surface area contributed by atoms with Crippen LogP contribution in [-0.2, 0) is 0 Å². The van der Waals surface area contributed by atoms with Crippen molar-refractivity contribution in [2.45, 2.75) is 25.8 Å². The zero-order valence-electron chi connectivity index (χ0n) is 9.51. The second kappa shape index (κ2) is 4.16. The summed E-state index contributed by atoms with van der Waals surface area (Å²) in [5.41, 5.74) is 8.23. The van der Waals surface area contributed by atoms with Crippen LogP contribution >= 0.6 is 12.4 Å². The first-order valence-electron chi connectivity index (χ1n) is 5.50. The summed E-state index contributed by atoms with van der Waals surface area (Å²) >= 11 is 0. The number of aryl methyl sites for hydroxylation is 1.